The zero-order valence-electron chi connectivity index (χ0n) is 4.61. The quantitative estimate of drug-likeness (QED) is 0.356. The highest BCUT2D eigenvalue weighted by molar-refractivity contribution is 6.34. The molecule has 0 aromatic rings. The first-order chi connectivity index (χ1) is 3.41. The normalized spacial score (nSPS) is 10.3. The lowest BCUT2D eigenvalue weighted by molar-refractivity contribution is 0.656. The summed E-state index contributed by atoms with van der Waals surface area (Å²) in [6.07, 6.45) is 2.72. The lowest BCUT2D eigenvalue weighted by Crippen LogP contribution is -2.15. The molecule has 2 nitrogen and oxygen atoms in total. The molecule has 0 saturated carbocycles. The first kappa shape index (κ1) is 6.93. The molecule has 0 fully saturated rings. The van der Waals surface area contributed by atoms with Crippen molar-refractivity contribution in [2.24, 2.45) is 0 Å². The average molecular weight is 133 g/mol. The van der Waals surface area contributed by atoms with Gasteiger partial charge in [0.1, 0.15) is 10.5 Å². The molecule has 0 unspecified atom stereocenters. The third kappa shape index (κ3) is 5.93. The van der Waals surface area contributed by atoms with Gasteiger partial charge >= 0.3 is 0 Å². The Labute approximate surface area is 49.4 Å². The fourth-order valence-electron chi connectivity index (χ4n) is 0.263. The zero-order valence-corrected chi connectivity index (χ0v) is 8.02. The summed E-state index contributed by atoms with van der Waals surface area (Å²) in [6, 6.07) is 0. The molecule has 0 saturated heterocycles. The van der Waals surface area contributed by atoms with E-state index in [0.29, 0.717) is 0 Å². The van der Waals surface area contributed by atoms with E-state index in [1.165, 1.54) is 0 Å². The van der Waals surface area contributed by atoms with Crippen LogP contribution in [0.4, 0.5) is 0 Å². The maximum absolute atomic E-state index is 5.01. The van der Waals surface area contributed by atoms with Crippen molar-refractivity contribution in [1.82, 2.24) is 5.32 Å². The Kier molecular flexibility index (Phi) is 5.88. The van der Waals surface area contributed by atoms with Crippen LogP contribution in [0.15, 0.2) is 12.8 Å². The second kappa shape index (κ2) is 5.93. The highest BCUT2D eigenvalue weighted by Crippen LogP contribution is 1.55. The number of hydrogen-bond donors (Lipinski definition) is 1. The average Bonchev–Trinajstić information content (AvgIpc) is 1.69. The van der Waals surface area contributed by atoms with Gasteiger partial charge in [0, 0.05) is 6.17 Å². The zero-order chi connectivity index (χ0) is 5.54. The molecule has 0 aliphatic heterocycles. The summed E-state index contributed by atoms with van der Waals surface area (Å²) in [7, 11) is 0.683. The molecule has 0 rings (SSSR count). The van der Waals surface area contributed by atoms with Crippen molar-refractivity contribution < 1.29 is 4.12 Å². The van der Waals surface area contributed by atoms with Crippen molar-refractivity contribution in [2.75, 3.05) is 6.17 Å². The maximum Gasteiger partial charge on any atom is 0.164 e. The Morgan fingerprint density at radius 1 is 2.00 bits per heavy atom. The van der Waals surface area contributed by atoms with Gasteiger partial charge in [-0.25, -0.2) is 0 Å². The minimum Gasteiger partial charge on any atom is -0.467 e. The van der Waals surface area contributed by atoms with Gasteiger partial charge in [-0.1, -0.05) is 6.58 Å². The Morgan fingerprint density at radius 2 is 2.71 bits per heavy atom. The second-order valence-corrected chi connectivity index (χ2v) is 4.37. The SMILES string of the molecule is C=CNC[SiH2]O[SiH3]. The van der Waals surface area contributed by atoms with Crippen molar-refractivity contribution >= 4 is 20.2 Å². The van der Waals surface area contributed by atoms with Crippen LogP contribution in [-0.4, -0.2) is 26.4 Å². The van der Waals surface area contributed by atoms with Crippen LogP contribution in [-0.2, 0) is 4.12 Å². The van der Waals surface area contributed by atoms with Crippen molar-refractivity contribution in [2.45, 2.75) is 0 Å². The van der Waals surface area contributed by atoms with E-state index in [2.05, 4.69) is 11.9 Å². The highest BCUT2D eigenvalue weighted by Gasteiger charge is 1.75. The van der Waals surface area contributed by atoms with E-state index in [1.807, 2.05) is 0 Å². The van der Waals surface area contributed by atoms with Crippen molar-refractivity contribution in [1.29, 1.82) is 0 Å². The lowest BCUT2D eigenvalue weighted by Gasteiger charge is -1.94. The number of nitrogens with one attached hydrogen (secondary N) is 1. The van der Waals surface area contributed by atoms with Crippen molar-refractivity contribution in [3.8, 4) is 0 Å². The van der Waals surface area contributed by atoms with Crippen LogP contribution in [0.1, 0.15) is 0 Å². The monoisotopic (exact) mass is 133 g/mol. The standard InChI is InChI=1S/C3H11NOSi2/c1-2-4-3-7-5-6/h2,4H,1,3,7H2,6H3. The molecule has 0 aromatic heterocycles. The van der Waals surface area contributed by atoms with Crippen LogP contribution in [0.3, 0.4) is 0 Å². The third-order valence-corrected chi connectivity index (χ3v) is 2.72. The van der Waals surface area contributed by atoms with Gasteiger partial charge in [0.25, 0.3) is 0 Å². The second-order valence-electron chi connectivity index (χ2n) is 1.15. The van der Waals surface area contributed by atoms with E-state index in [4.69, 9.17) is 4.12 Å². The summed E-state index contributed by atoms with van der Waals surface area (Å²) < 4.78 is 5.01. The lowest BCUT2D eigenvalue weighted by atomic mass is 11.0. The fraction of sp³-hybridized carbons (Fsp3) is 0.333. The van der Waals surface area contributed by atoms with E-state index in [-0.39, 0.29) is 9.76 Å². The van der Waals surface area contributed by atoms with E-state index < -0.39 is 0 Å². The molecule has 0 aromatic carbocycles. The van der Waals surface area contributed by atoms with Gasteiger partial charge in [0.05, 0.1) is 0 Å². The molecule has 0 radical (unpaired) electrons. The van der Waals surface area contributed by atoms with Crippen LogP contribution in [0.5, 0.6) is 0 Å². The van der Waals surface area contributed by atoms with Gasteiger partial charge in [0.15, 0.2) is 9.76 Å². The molecule has 0 amide bonds. The summed E-state index contributed by atoms with van der Waals surface area (Å²) in [5, 5.41) is 2.97. The summed E-state index contributed by atoms with van der Waals surface area (Å²) >= 11 is 0. The topological polar surface area (TPSA) is 21.3 Å². The molecule has 0 aliphatic rings. The van der Waals surface area contributed by atoms with Crippen molar-refractivity contribution in [3.05, 3.63) is 12.8 Å². The summed E-state index contributed by atoms with van der Waals surface area (Å²) in [5.41, 5.74) is 0. The van der Waals surface area contributed by atoms with E-state index in [1.54, 1.807) is 6.20 Å². The van der Waals surface area contributed by atoms with Gasteiger partial charge in [-0.3, -0.25) is 0 Å². The van der Waals surface area contributed by atoms with Crippen molar-refractivity contribution in [3.63, 3.8) is 0 Å². The minimum absolute atomic E-state index is 0.210. The van der Waals surface area contributed by atoms with E-state index >= 15 is 0 Å². The molecule has 7 heavy (non-hydrogen) atoms. The van der Waals surface area contributed by atoms with E-state index in [9.17, 15) is 0 Å². The molecule has 1 N–H and O–H groups in total. The minimum atomic E-state index is -0.210. The van der Waals surface area contributed by atoms with Gasteiger partial charge in [-0.15, -0.1) is 0 Å². The van der Waals surface area contributed by atoms with Crippen LogP contribution in [0.2, 0.25) is 0 Å². The molecule has 0 aliphatic carbocycles. The first-order valence-electron chi connectivity index (χ1n) is 2.25. The molecule has 0 spiro atoms. The number of rotatable bonds is 4. The Balaban J connectivity index is 2.56. The molecule has 0 heterocycles. The van der Waals surface area contributed by atoms with Gasteiger partial charge in [-0.2, -0.15) is 0 Å². The molecule has 42 valence electrons. The maximum atomic E-state index is 5.01. The summed E-state index contributed by atoms with van der Waals surface area (Å²) in [5.74, 6) is 0. The summed E-state index contributed by atoms with van der Waals surface area (Å²) in [6.45, 7) is 3.50. The van der Waals surface area contributed by atoms with Gasteiger partial charge in [-0.05, 0) is 6.20 Å². The Bertz CT molecular complexity index is 50.2. The molecule has 0 bridgehead atoms. The van der Waals surface area contributed by atoms with Gasteiger partial charge < -0.3 is 9.43 Å². The van der Waals surface area contributed by atoms with Crippen LogP contribution in [0.25, 0.3) is 0 Å². The molecule has 4 heteroatoms. The van der Waals surface area contributed by atoms with Crippen LogP contribution >= 0.6 is 0 Å². The van der Waals surface area contributed by atoms with Gasteiger partial charge in [0.2, 0.25) is 0 Å². The molecular weight excluding hydrogens is 122 g/mol. The van der Waals surface area contributed by atoms with E-state index in [0.717, 1.165) is 16.7 Å². The van der Waals surface area contributed by atoms with Crippen LogP contribution in [0, 0.1) is 0 Å². The largest absolute Gasteiger partial charge is 0.467 e. The highest BCUT2D eigenvalue weighted by atomic mass is 28.3. The third-order valence-electron chi connectivity index (χ3n) is 0.595. The Hall–Kier alpha value is -0.0662. The first-order valence-corrected chi connectivity index (χ1v) is 4.64. The smallest absolute Gasteiger partial charge is 0.164 e. The van der Waals surface area contributed by atoms with Crippen LogP contribution < -0.4 is 5.32 Å². The number of hydrogen-bond acceptors (Lipinski definition) is 2. The molecular formula is C3H11NOSi2. The predicted molar refractivity (Wildman–Crippen MR) is 37.8 cm³/mol. The summed E-state index contributed by atoms with van der Waals surface area (Å²) in [4.78, 5) is 0. The molecule has 0 atom stereocenters. The Morgan fingerprint density at radius 3 is 3.14 bits per heavy atom. The fourth-order valence-corrected chi connectivity index (χ4v) is 1.40. The predicted octanol–water partition coefficient (Wildman–Crippen LogP) is -1.94.